The van der Waals surface area contributed by atoms with Crippen molar-refractivity contribution in [1.82, 2.24) is 0 Å². The standard InChI is InChI=1S/C28H24F4O/c1-3-19-12-13-22(26(30)25(19)29)21-10-6-18(7-11-21)16-33-24-15-14-23(27(31)28(24)32)20-8-4-17(2)5-9-20/h4-11,13-15,19H,3,12,16H2,1-2H3. The number of hydrogen-bond donors (Lipinski definition) is 0. The highest BCUT2D eigenvalue weighted by atomic mass is 19.2. The molecule has 0 aliphatic heterocycles. The molecule has 1 nitrogen and oxygen atoms in total. The van der Waals surface area contributed by atoms with Crippen molar-refractivity contribution in [3.05, 3.63) is 107 Å². The number of halogens is 4. The smallest absolute Gasteiger partial charge is 0.201 e. The van der Waals surface area contributed by atoms with Gasteiger partial charge in [-0.2, -0.15) is 4.39 Å². The quantitative estimate of drug-likeness (QED) is 0.341. The van der Waals surface area contributed by atoms with Gasteiger partial charge in [0.2, 0.25) is 5.82 Å². The minimum atomic E-state index is -1.05. The molecule has 3 aromatic carbocycles. The monoisotopic (exact) mass is 452 g/mol. The summed E-state index contributed by atoms with van der Waals surface area (Å²) in [5, 5.41) is 0. The summed E-state index contributed by atoms with van der Waals surface area (Å²) in [6.07, 6.45) is 2.72. The molecule has 1 atom stereocenters. The summed E-state index contributed by atoms with van der Waals surface area (Å²) >= 11 is 0. The van der Waals surface area contributed by atoms with Crippen LogP contribution in [-0.2, 0) is 6.61 Å². The average molecular weight is 452 g/mol. The lowest BCUT2D eigenvalue weighted by molar-refractivity contribution is 0.285. The summed E-state index contributed by atoms with van der Waals surface area (Å²) in [6.45, 7) is 3.75. The Hall–Kier alpha value is -3.34. The third kappa shape index (κ3) is 4.72. The van der Waals surface area contributed by atoms with E-state index in [1.807, 2.05) is 26.0 Å². The average Bonchev–Trinajstić information content (AvgIpc) is 2.83. The van der Waals surface area contributed by atoms with E-state index in [-0.39, 0.29) is 23.5 Å². The molecule has 170 valence electrons. The molecule has 0 aromatic heterocycles. The predicted octanol–water partition coefficient (Wildman–Crippen LogP) is 8.48. The highest BCUT2D eigenvalue weighted by Crippen LogP contribution is 2.38. The molecule has 0 saturated heterocycles. The van der Waals surface area contributed by atoms with Crippen LogP contribution in [0.3, 0.4) is 0 Å². The highest BCUT2D eigenvalue weighted by Gasteiger charge is 2.25. The Balaban J connectivity index is 1.46. The molecular formula is C28H24F4O. The molecule has 0 amide bonds. The maximum Gasteiger partial charge on any atom is 0.201 e. The van der Waals surface area contributed by atoms with Crippen LogP contribution in [-0.4, -0.2) is 0 Å². The predicted molar refractivity (Wildman–Crippen MR) is 123 cm³/mol. The first kappa shape index (κ1) is 22.8. The normalized spacial score (nSPS) is 16.1. The van der Waals surface area contributed by atoms with Crippen molar-refractivity contribution >= 4 is 5.57 Å². The zero-order valence-electron chi connectivity index (χ0n) is 18.5. The number of benzene rings is 3. The number of rotatable bonds is 6. The lowest BCUT2D eigenvalue weighted by Crippen LogP contribution is -2.06. The van der Waals surface area contributed by atoms with Gasteiger partial charge in [0.05, 0.1) is 0 Å². The maximum absolute atomic E-state index is 14.6. The van der Waals surface area contributed by atoms with Crippen LogP contribution in [0.15, 0.2) is 78.4 Å². The second-order valence-electron chi connectivity index (χ2n) is 8.21. The number of allylic oxidation sites excluding steroid dienone is 4. The molecule has 5 heteroatoms. The SMILES string of the molecule is CCC1CC=C(c2ccc(COc3ccc(-c4ccc(C)cc4)c(F)c3F)cc2)C(F)=C1F. The Morgan fingerprint density at radius 3 is 2.15 bits per heavy atom. The molecule has 1 unspecified atom stereocenters. The van der Waals surface area contributed by atoms with E-state index in [4.69, 9.17) is 4.74 Å². The Morgan fingerprint density at radius 1 is 0.818 bits per heavy atom. The zero-order chi connectivity index (χ0) is 23.5. The van der Waals surface area contributed by atoms with Crippen LogP contribution < -0.4 is 4.74 Å². The lowest BCUT2D eigenvalue weighted by atomic mass is 9.89. The molecule has 0 fully saturated rings. The summed E-state index contributed by atoms with van der Waals surface area (Å²) in [4.78, 5) is 0. The van der Waals surface area contributed by atoms with Crippen molar-refractivity contribution < 1.29 is 22.3 Å². The van der Waals surface area contributed by atoms with Gasteiger partial charge in [0.25, 0.3) is 0 Å². The van der Waals surface area contributed by atoms with Gasteiger partial charge in [0.15, 0.2) is 17.4 Å². The number of aryl methyl sites for hydroxylation is 1. The maximum atomic E-state index is 14.6. The molecule has 0 radical (unpaired) electrons. The van der Waals surface area contributed by atoms with Gasteiger partial charge in [-0.05, 0) is 48.6 Å². The van der Waals surface area contributed by atoms with Crippen LogP contribution in [0.1, 0.15) is 36.5 Å². The van der Waals surface area contributed by atoms with Crippen molar-refractivity contribution in [3.8, 4) is 16.9 Å². The first-order valence-corrected chi connectivity index (χ1v) is 10.9. The van der Waals surface area contributed by atoms with Gasteiger partial charge in [0.1, 0.15) is 12.4 Å². The Kier molecular flexibility index (Phi) is 6.68. The largest absolute Gasteiger partial charge is 0.486 e. The van der Waals surface area contributed by atoms with Gasteiger partial charge >= 0.3 is 0 Å². The summed E-state index contributed by atoms with van der Waals surface area (Å²) < 4.78 is 63.3. The Bertz CT molecular complexity index is 1210. The van der Waals surface area contributed by atoms with E-state index in [1.54, 1.807) is 42.5 Å². The topological polar surface area (TPSA) is 9.23 Å². The third-order valence-corrected chi connectivity index (χ3v) is 5.97. The van der Waals surface area contributed by atoms with Crippen molar-refractivity contribution in [3.63, 3.8) is 0 Å². The highest BCUT2D eigenvalue weighted by molar-refractivity contribution is 5.78. The molecule has 0 heterocycles. The van der Waals surface area contributed by atoms with E-state index in [9.17, 15) is 17.6 Å². The van der Waals surface area contributed by atoms with Crippen LogP contribution in [0.2, 0.25) is 0 Å². The van der Waals surface area contributed by atoms with Crippen LogP contribution >= 0.6 is 0 Å². The summed E-state index contributed by atoms with van der Waals surface area (Å²) in [5.41, 5.74) is 3.26. The van der Waals surface area contributed by atoms with E-state index in [2.05, 4.69) is 0 Å². The van der Waals surface area contributed by atoms with Crippen molar-refractivity contribution in [1.29, 1.82) is 0 Å². The molecule has 0 saturated carbocycles. The van der Waals surface area contributed by atoms with Crippen LogP contribution in [0, 0.1) is 24.5 Å². The van der Waals surface area contributed by atoms with Gasteiger partial charge in [-0.15, -0.1) is 0 Å². The van der Waals surface area contributed by atoms with E-state index in [1.165, 1.54) is 12.1 Å². The third-order valence-electron chi connectivity index (χ3n) is 5.97. The van der Waals surface area contributed by atoms with Crippen molar-refractivity contribution in [2.24, 2.45) is 5.92 Å². The molecule has 1 aliphatic rings. The van der Waals surface area contributed by atoms with Crippen LogP contribution in [0.25, 0.3) is 16.7 Å². The molecule has 0 spiro atoms. The van der Waals surface area contributed by atoms with Gasteiger partial charge in [-0.25, -0.2) is 13.2 Å². The molecule has 1 aliphatic carbocycles. The fraction of sp³-hybridized carbons (Fsp3) is 0.214. The van der Waals surface area contributed by atoms with E-state index in [0.29, 0.717) is 29.5 Å². The number of ether oxygens (including phenoxy) is 1. The van der Waals surface area contributed by atoms with Gasteiger partial charge in [-0.1, -0.05) is 67.1 Å². The molecule has 3 aromatic rings. The first-order chi connectivity index (χ1) is 15.9. The minimum absolute atomic E-state index is 0.00412. The van der Waals surface area contributed by atoms with E-state index in [0.717, 1.165) is 5.56 Å². The van der Waals surface area contributed by atoms with Gasteiger partial charge in [0, 0.05) is 17.1 Å². The fourth-order valence-corrected chi connectivity index (χ4v) is 3.89. The van der Waals surface area contributed by atoms with Crippen LogP contribution in [0.5, 0.6) is 5.75 Å². The van der Waals surface area contributed by atoms with Crippen molar-refractivity contribution in [2.45, 2.75) is 33.3 Å². The second-order valence-corrected chi connectivity index (χ2v) is 8.21. The van der Waals surface area contributed by atoms with Gasteiger partial charge in [-0.3, -0.25) is 0 Å². The van der Waals surface area contributed by atoms with Crippen LogP contribution in [0.4, 0.5) is 17.6 Å². The van der Waals surface area contributed by atoms with E-state index >= 15 is 0 Å². The van der Waals surface area contributed by atoms with Gasteiger partial charge < -0.3 is 4.74 Å². The summed E-state index contributed by atoms with van der Waals surface area (Å²) in [6, 6.07) is 16.8. The Labute approximate surface area is 191 Å². The minimum Gasteiger partial charge on any atom is -0.486 e. The fourth-order valence-electron chi connectivity index (χ4n) is 3.89. The van der Waals surface area contributed by atoms with E-state index < -0.39 is 29.2 Å². The summed E-state index contributed by atoms with van der Waals surface area (Å²) in [7, 11) is 0. The Morgan fingerprint density at radius 2 is 1.48 bits per heavy atom. The first-order valence-electron chi connectivity index (χ1n) is 10.9. The lowest BCUT2D eigenvalue weighted by Gasteiger charge is -2.19. The zero-order valence-corrected chi connectivity index (χ0v) is 18.5. The summed E-state index contributed by atoms with van der Waals surface area (Å²) in [5.74, 6) is -4.13. The molecule has 0 N–H and O–H groups in total. The second kappa shape index (κ2) is 9.65. The molecular weight excluding hydrogens is 428 g/mol. The molecule has 0 bridgehead atoms. The molecule has 33 heavy (non-hydrogen) atoms. The van der Waals surface area contributed by atoms with Crippen molar-refractivity contribution in [2.75, 3.05) is 0 Å². The number of hydrogen-bond acceptors (Lipinski definition) is 1. The molecule has 4 rings (SSSR count).